The monoisotopic (exact) mass is 299 g/mol. The number of nitrogen functional groups attached to an aromatic ring is 1. The maximum Gasteiger partial charge on any atom is 0.0325 e. The van der Waals surface area contributed by atoms with Crippen LogP contribution in [0.1, 0.15) is 12.0 Å². The van der Waals surface area contributed by atoms with Gasteiger partial charge in [-0.2, -0.15) is 0 Å². The fourth-order valence-electron chi connectivity index (χ4n) is 1.72. The molecule has 96 valence electrons. The molecule has 3 nitrogen and oxygen atoms in total. The molecule has 0 aliphatic rings. The first-order valence-electron chi connectivity index (χ1n) is 5.86. The van der Waals surface area contributed by atoms with Crippen molar-refractivity contribution in [3.05, 3.63) is 28.2 Å². The Kier molecular flexibility index (Phi) is 5.95. The minimum atomic E-state index is 0.802. The predicted molar refractivity (Wildman–Crippen MR) is 78.1 cm³/mol. The lowest BCUT2D eigenvalue weighted by molar-refractivity contribution is 0.294. The van der Waals surface area contributed by atoms with Crippen LogP contribution in [0.15, 0.2) is 22.7 Å². The Morgan fingerprint density at radius 2 is 1.88 bits per heavy atom. The van der Waals surface area contributed by atoms with E-state index < -0.39 is 0 Å². The van der Waals surface area contributed by atoms with Gasteiger partial charge in [0, 0.05) is 16.7 Å². The van der Waals surface area contributed by atoms with Crippen molar-refractivity contribution in [1.82, 2.24) is 9.80 Å². The highest BCUT2D eigenvalue weighted by atomic mass is 79.9. The highest BCUT2D eigenvalue weighted by molar-refractivity contribution is 9.10. The minimum absolute atomic E-state index is 0.802. The maximum absolute atomic E-state index is 5.72. The summed E-state index contributed by atoms with van der Waals surface area (Å²) in [6.07, 6.45) is 1.19. The van der Waals surface area contributed by atoms with E-state index in [4.69, 9.17) is 5.73 Å². The first-order valence-corrected chi connectivity index (χ1v) is 6.65. The molecule has 0 heterocycles. The fraction of sp³-hybridized carbons (Fsp3) is 0.538. The molecule has 17 heavy (non-hydrogen) atoms. The standard InChI is InChI=1S/C13H22BrN3/c1-16(2)7-4-8-17(3)10-11-5-6-12(15)9-13(11)14/h5-6,9H,4,7-8,10,15H2,1-3H3. The molecule has 0 unspecified atom stereocenters. The molecule has 1 rings (SSSR count). The summed E-state index contributed by atoms with van der Waals surface area (Å²) in [5, 5.41) is 0. The molecule has 4 heteroatoms. The quantitative estimate of drug-likeness (QED) is 0.819. The van der Waals surface area contributed by atoms with Crippen LogP contribution < -0.4 is 5.73 Å². The van der Waals surface area contributed by atoms with Gasteiger partial charge in [0.1, 0.15) is 0 Å². The van der Waals surface area contributed by atoms with Gasteiger partial charge in [-0.3, -0.25) is 0 Å². The number of nitrogens with zero attached hydrogens (tertiary/aromatic N) is 2. The van der Waals surface area contributed by atoms with Gasteiger partial charge in [0.25, 0.3) is 0 Å². The fourth-order valence-corrected chi connectivity index (χ4v) is 2.24. The predicted octanol–water partition coefficient (Wildman–Crippen LogP) is 2.41. The van der Waals surface area contributed by atoms with Crippen molar-refractivity contribution in [2.75, 3.05) is 40.0 Å². The third-order valence-electron chi connectivity index (χ3n) is 2.66. The highest BCUT2D eigenvalue weighted by Gasteiger charge is 2.04. The lowest BCUT2D eigenvalue weighted by Gasteiger charge is -2.19. The second-order valence-electron chi connectivity index (χ2n) is 4.75. The normalized spacial score (nSPS) is 11.4. The van der Waals surface area contributed by atoms with Crippen LogP contribution in [0.5, 0.6) is 0 Å². The van der Waals surface area contributed by atoms with E-state index in [-0.39, 0.29) is 0 Å². The van der Waals surface area contributed by atoms with Crippen LogP contribution in [-0.2, 0) is 6.54 Å². The van der Waals surface area contributed by atoms with Gasteiger partial charge in [-0.15, -0.1) is 0 Å². The largest absolute Gasteiger partial charge is 0.399 e. The topological polar surface area (TPSA) is 32.5 Å². The highest BCUT2D eigenvalue weighted by Crippen LogP contribution is 2.20. The third kappa shape index (κ3) is 5.52. The molecule has 0 spiro atoms. The lowest BCUT2D eigenvalue weighted by Crippen LogP contribution is -2.23. The maximum atomic E-state index is 5.72. The van der Waals surface area contributed by atoms with Gasteiger partial charge < -0.3 is 15.5 Å². The Bertz CT molecular complexity index is 353. The van der Waals surface area contributed by atoms with E-state index in [9.17, 15) is 0 Å². The first kappa shape index (κ1) is 14.5. The minimum Gasteiger partial charge on any atom is -0.399 e. The molecule has 0 saturated carbocycles. The first-order chi connectivity index (χ1) is 7.99. The Balaban J connectivity index is 2.42. The van der Waals surface area contributed by atoms with E-state index in [1.54, 1.807) is 0 Å². The van der Waals surface area contributed by atoms with Gasteiger partial charge in [0.15, 0.2) is 0 Å². The van der Waals surface area contributed by atoms with E-state index in [0.717, 1.165) is 29.8 Å². The molecule has 0 radical (unpaired) electrons. The number of hydrogen-bond acceptors (Lipinski definition) is 3. The van der Waals surface area contributed by atoms with Crippen LogP contribution in [0.25, 0.3) is 0 Å². The molecule has 0 bridgehead atoms. The van der Waals surface area contributed by atoms with Gasteiger partial charge in [-0.05, 0) is 58.3 Å². The summed E-state index contributed by atoms with van der Waals surface area (Å²) in [6, 6.07) is 6.00. The average Bonchev–Trinajstić information content (AvgIpc) is 2.21. The Morgan fingerprint density at radius 3 is 2.47 bits per heavy atom. The van der Waals surface area contributed by atoms with Gasteiger partial charge >= 0.3 is 0 Å². The third-order valence-corrected chi connectivity index (χ3v) is 3.40. The molecular weight excluding hydrogens is 278 g/mol. The number of halogens is 1. The van der Waals surface area contributed by atoms with Crippen molar-refractivity contribution in [2.45, 2.75) is 13.0 Å². The molecule has 0 amide bonds. The van der Waals surface area contributed by atoms with Crippen molar-refractivity contribution in [3.63, 3.8) is 0 Å². The van der Waals surface area contributed by atoms with Crippen LogP contribution in [0, 0.1) is 0 Å². The molecule has 0 saturated heterocycles. The number of hydrogen-bond donors (Lipinski definition) is 1. The summed E-state index contributed by atoms with van der Waals surface area (Å²) in [6.45, 7) is 3.19. The summed E-state index contributed by atoms with van der Waals surface area (Å²) < 4.78 is 1.09. The van der Waals surface area contributed by atoms with Crippen LogP contribution in [-0.4, -0.2) is 44.0 Å². The van der Waals surface area contributed by atoms with Crippen LogP contribution in [0.3, 0.4) is 0 Å². The summed E-state index contributed by atoms with van der Waals surface area (Å²) in [5.41, 5.74) is 7.81. The molecule has 1 aromatic carbocycles. The number of nitrogens with two attached hydrogens (primary N) is 1. The van der Waals surface area contributed by atoms with E-state index in [0.29, 0.717) is 0 Å². The van der Waals surface area contributed by atoms with E-state index in [2.05, 4.69) is 52.9 Å². The Hall–Kier alpha value is -0.580. The molecule has 0 aliphatic heterocycles. The van der Waals surface area contributed by atoms with E-state index in [1.807, 2.05) is 12.1 Å². The summed E-state index contributed by atoms with van der Waals surface area (Å²) in [5.74, 6) is 0. The van der Waals surface area contributed by atoms with Gasteiger partial charge in [-0.25, -0.2) is 0 Å². The van der Waals surface area contributed by atoms with Crippen molar-refractivity contribution in [1.29, 1.82) is 0 Å². The molecule has 0 fully saturated rings. The second-order valence-corrected chi connectivity index (χ2v) is 5.60. The number of anilines is 1. The van der Waals surface area contributed by atoms with E-state index in [1.165, 1.54) is 12.0 Å². The smallest absolute Gasteiger partial charge is 0.0325 e. The van der Waals surface area contributed by atoms with Crippen molar-refractivity contribution >= 4 is 21.6 Å². The lowest BCUT2D eigenvalue weighted by atomic mass is 10.2. The zero-order chi connectivity index (χ0) is 12.8. The van der Waals surface area contributed by atoms with Crippen LogP contribution >= 0.6 is 15.9 Å². The molecule has 1 aromatic rings. The molecule has 2 N–H and O–H groups in total. The van der Waals surface area contributed by atoms with Crippen molar-refractivity contribution < 1.29 is 0 Å². The number of rotatable bonds is 6. The summed E-state index contributed by atoms with van der Waals surface area (Å²) >= 11 is 3.55. The molecule has 0 aliphatic carbocycles. The second kappa shape index (κ2) is 6.99. The molecule has 0 aromatic heterocycles. The molecular formula is C13H22BrN3. The zero-order valence-electron chi connectivity index (χ0n) is 10.9. The summed E-state index contributed by atoms with van der Waals surface area (Å²) in [7, 11) is 6.37. The van der Waals surface area contributed by atoms with E-state index >= 15 is 0 Å². The van der Waals surface area contributed by atoms with Crippen LogP contribution in [0.4, 0.5) is 5.69 Å². The van der Waals surface area contributed by atoms with Crippen LogP contribution in [0.2, 0.25) is 0 Å². The Morgan fingerprint density at radius 1 is 1.18 bits per heavy atom. The Labute approximate surface area is 113 Å². The zero-order valence-corrected chi connectivity index (χ0v) is 12.5. The summed E-state index contributed by atoms with van der Waals surface area (Å²) in [4.78, 5) is 4.55. The molecule has 0 atom stereocenters. The van der Waals surface area contributed by atoms with Gasteiger partial charge in [0.2, 0.25) is 0 Å². The SMILES string of the molecule is CN(C)CCCN(C)Cc1ccc(N)cc1Br. The van der Waals surface area contributed by atoms with Crippen molar-refractivity contribution in [3.8, 4) is 0 Å². The van der Waals surface area contributed by atoms with Gasteiger partial charge in [-0.1, -0.05) is 22.0 Å². The number of benzene rings is 1. The van der Waals surface area contributed by atoms with Gasteiger partial charge in [0.05, 0.1) is 0 Å². The van der Waals surface area contributed by atoms with Crippen molar-refractivity contribution in [2.24, 2.45) is 0 Å². The average molecular weight is 300 g/mol.